The van der Waals surface area contributed by atoms with Crippen molar-refractivity contribution in [2.24, 2.45) is 0 Å². The van der Waals surface area contributed by atoms with Gasteiger partial charge in [0.1, 0.15) is 0 Å². The van der Waals surface area contributed by atoms with Crippen LogP contribution in [0.2, 0.25) is 0 Å². The zero-order valence-electron chi connectivity index (χ0n) is 13.7. The van der Waals surface area contributed by atoms with Crippen molar-refractivity contribution < 1.29 is 4.79 Å². The van der Waals surface area contributed by atoms with Crippen molar-refractivity contribution in [1.82, 2.24) is 5.32 Å². The minimum atomic E-state index is 0.169. The molecule has 1 aliphatic rings. The number of carbonyl (C=O) groups excluding carboxylic acids is 1. The van der Waals surface area contributed by atoms with Gasteiger partial charge < -0.3 is 10.2 Å². The maximum atomic E-state index is 12.5. The molecule has 23 heavy (non-hydrogen) atoms. The molecular formula is C20H24N2O. The summed E-state index contributed by atoms with van der Waals surface area (Å²) >= 11 is 0. The predicted molar refractivity (Wildman–Crippen MR) is 94.7 cm³/mol. The van der Waals surface area contributed by atoms with E-state index >= 15 is 0 Å². The zero-order chi connectivity index (χ0) is 16.1. The molecule has 0 saturated heterocycles. The highest BCUT2D eigenvalue weighted by Crippen LogP contribution is 2.31. The number of para-hydroxylation sites is 1. The van der Waals surface area contributed by atoms with E-state index in [1.807, 2.05) is 29.2 Å². The van der Waals surface area contributed by atoms with Gasteiger partial charge in [-0.25, -0.2) is 0 Å². The number of nitrogens with one attached hydrogen (secondary N) is 1. The van der Waals surface area contributed by atoms with Crippen LogP contribution in [-0.2, 0) is 17.6 Å². The van der Waals surface area contributed by atoms with E-state index in [1.54, 1.807) is 0 Å². The minimum absolute atomic E-state index is 0.169. The van der Waals surface area contributed by atoms with Crippen LogP contribution < -0.4 is 10.2 Å². The summed E-state index contributed by atoms with van der Waals surface area (Å²) in [7, 11) is 0. The van der Waals surface area contributed by atoms with Crippen LogP contribution in [0.5, 0.6) is 0 Å². The Balaban J connectivity index is 1.45. The molecule has 1 unspecified atom stereocenters. The Morgan fingerprint density at radius 2 is 1.87 bits per heavy atom. The first kappa shape index (κ1) is 15.8. The number of nitrogens with zero attached hydrogens (tertiary/aromatic N) is 1. The second-order valence-corrected chi connectivity index (χ2v) is 6.21. The van der Waals surface area contributed by atoms with E-state index in [0.717, 1.165) is 31.5 Å². The van der Waals surface area contributed by atoms with E-state index in [0.29, 0.717) is 6.54 Å². The summed E-state index contributed by atoms with van der Waals surface area (Å²) in [5.74, 6) is 0.169. The molecule has 0 bridgehead atoms. The van der Waals surface area contributed by atoms with Gasteiger partial charge in [0.25, 0.3) is 0 Å². The lowest BCUT2D eigenvalue weighted by Crippen LogP contribution is -2.41. The largest absolute Gasteiger partial charge is 0.308 e. The number of hydrogen-bond donors (Lipinski definition) is 1. The molecule has 3 heteroatoms. The summed E-state index contributed by atoms with van der Waals surface area (Å²) in [6.07, 6.45) is 3.05. The van der Waals surface area contributed by atoms with Crippen molar-refractivity contribution in [3.8, 4) is 0 Å². The molecule has 0 aliphatic carbocycles. The summed E-state index contributed by atoms with van der Waals surface area (Å²) in [6, 6.07) is 18.9. The van der Waals surface area contributed by atoms with Crippen LogP contribution in [-0.4, -0.2) is 25.0 Å². The highest BCUT2D eigenvalue weighted by atomic mass is 16.2. The third kappa shape index (κ3) is 3.80. The smallest absolute Gasteiger partial charge is 0.241 e. The van der Waals surface area contributed by atoms with Crippen LogP contribution in [0.4, 0.5) is 5.69 Å². The van der Waals surface area contributed by atoms with E-state index in [2.05, 4.69) is 42.6 Å². The lowest BCUT2D eigenvalue weighted by Gasteiger charge is -2.23. The Labute approximate surface area is 138 Å². The quantitative estimate of drug-likeness (QED) is 0.831. The van der Waals surface area contributed by atoms with Gasteiger partial charge in [-0.15, -0.1) is 0 Å². The third-order valence-corrected chi connectivity index (χ3v) is 4.41. The van der Waals surface area contributed by atoms with Crippen LogP contribution in [0.15, 0.2) is 54.6 Å². The highest BCUT2D eigenvalue weighted by molar-refractivity contribution is 5.97. The first-order valence-electron chi connectivity index (χ1n) is 8.40. The molecule has 1 aliphatic heterocycles. The molecule has 1 atom stereocenters. The molecule has 2 aromatic carbocycles. The van der Waals surface area contributed by atoms with Gasteiger partial charge in [-0.05, 0) is 49.9 Å². The van der Waals surface area contributed by atoms with Crippen LogP contribution in [0.25, 0.3) is 0 Å². The third-order valence-electron chi connectivity index (χ3n) is 4.41. The van der Waals surface area contributed by atoms with Crippen molar-refractivity contribution in [3.63, 3.8) is 0 Å². The molecule has 2 aromatic rings. The molecule has 0 spiro atoms. The Hall–Kier alpha value is -2.13. The number of amides is 1. The number of fused-ring (bicyclic) bond motifs is 1. The first-order valence-corrected chi connectivity index (χ1v) is 8.40. The van der Waals surface area contributed by atoms with Crippen LogP contribution >= 0.6 is 0 Å². The average Bonchev–Trinajstić information content (AvgIpc) is 2.91. The van der Waals surface area contributed by atoms with Gasteiger partial charge in [0, 0.05) is 11.7 Å². The molecule has 3 rings (SSSR count). The van der Waals surface area contributed by atoms with Gasteiger partial charge in [0.2, 0.25) is 5.91 Å². The lowest BCUT2D eigenvalue weighted by molar-refractivity contribution is -0.118. The molecule has 3 nitrogen and oxygen atoms in total. The van der Waals surface area contributed by atoms with Crippen LogP contribution in [0.1, 0.15) is 24.5 Å². The summed E-state index contributed by atoms with van der Waals surface area (Å²) in [4.78, 5) is 14.5. The van der Waals surface area contributed by atoms with Gasteiger partial charge in [0.15, 0.2) is 0 Å². The summed E-state index contributed by atoms with van der Waals surface area (Å²) in [6.45, 7) is 3.39. The van der Waals surface area contributed by atoms with Crippen molar-refractivity contribution in [2.75, 3.05) is 18.0 Å². The second kappa shape index (κ2) is 7.42. The number of hydrogen-bond acceptors (Lipinski definition) is 2. The molecule has 0 saturated carbocycles. The second-order valence-electron chi connectivity index (χ2n) is 6.21. The highest BCUT2D eigenvalue weighted by Gasteiger charge is 2.29. The van der Waals surface area contributed by atoms with Crippen molar-refractivity contribution in [2.45, 2.75) is 32.2 Å². The normalized spacial score (nSPS) is 16.4. The molecule has 0 aromatic heterocycles. The number of carbonyl (C=O) groups is 1. The first-order chi connectivity index (χ1) is 11.3. The number of aryl methyl sites for hydroxylation is 1. The fourth-order valence-electron chi connectivity index (χ4n) is 3.29. The van der Waals surface area contributed by atoms with Gasteiger partial charge >= 0.3 is 0 Å². The summed E-state index contributed by atoms with van der Waals surface area (Å²) in [5.41, 5.74) is 3.70. The maximum Gasteiger partial charge on any atom is 0.241 e. The topological polar surface area (TPSA) is 32.3 Å². The fourth-order valence-corrected chi connectivity index (χ4v) is 3.29. The van der Waals surface area contributed by atoms with E-state index in [9.17, 15) is 4.79 Å². The molecular weight excluding hydrogens is 284 g/mol. The molecule has 1 N–H and O–H groups in total. The van der Waals surface area contributed by atoms with E-state index in [-0.39, 0.29) is 11.9 Å². The zero-order valence-corrected chi connectivity index (χ0v) is 13.7. The van der Waals surface area contributed by atoms with Crippen molar-refractivity contribution in [3.05, 3.63) is 65.7 Å². The van der Waals surface area contributed by atoms with E-state index in [4.69, 9.17) is 0 Å². The van der Waals surface area contributed by atoms with Crippen molar-refractivity contribution >= 4 is 11.6 Å². The summed E-state index contributed by atoms with van der Waals surface area (Å²) in [5, 5.41) is 3.29. The Kier molecular flexibility index (Phi) is 5.09. The fraction of sp³-hybridized carbons (Fsp3) is 0.350. The number of rotatable bonds is 6. The predicted octanol–water partition coefficient (Wildman–Crippen LogP) is 3.19. The summed E-state index contributed by atoms with van der Waals surface area (Å²) < 4.78 is 0. The van der Waals surface area contributed by atoms with Crippen LogP contribution in [0.3, 0.4) is 0 Å². The lowest BCUT2D eigenvalue weighted by atomic mass is 10.1. The van der Waals surface area contributed by atoms with Gasteiger partial charge in [0.05, 0.1) is 6.54 Å². The van der Waals surface area contributed by atoms with Gasteiger partial charge in [-0.1, -0.05) is 48.5 Å². The van der Waals surface area contributed by atoms with Gasteiger partial charge in [-0.2, -0.15) is 0 Å². The average molecular weight is 308 g/mol. The molecule has 1 amide bonds. The monoisotopic (exact) mass is 308 g/mol. The number of benzene rings is 2. The van der Waals surface area contributed by atoms with Crippen LogP contribution in [0, 0.1) is 0 Å². The standard InChI is InChI=1S/C20H24N2O/c1-16-14-18-11-5-6-12-19(18)22(16)20(23)15-21-13-7-10-17-8-3-2-4-9-17/h2-6,8-9,11-12,16,21H,7,10,13-15H2,1H3. The number of anilines is 1. The van der Waals surface area contributed by atoms with Gasteiger partial charge in [-0.3, -0.25) is 4.79 Å². The van der Waals surface area contributed by atoms with E-state index < -0.39 is 0 Å². The Morgan fingerprint density at radius 1 is 1.13 bits per heavy atom. The molecule has 0 radical (unpaired) electrons. The Morgan fingerprint density at radius 3 is 2.70 bits per heavy atom. The minimum Gasteiger partial charge on any atom is -0.308 e. The van der Waals surface area contributed by atoms with E-state index in [1.165, 1.54) is 11.1 Å². The molecule has 1 heterocycles. The molecule has 120 valence electrons. The molecule has 0 fully saturated rings. The maximum absolute atomic E-state index is 12.5. The SMILES string of the molecule is CC1Cc2ccccc2N1C(=O)CNCCCc1ccccc1. The van der Waals surface area contributed by atoms with Crippen molar-refractivity contribution in [1.29, 1.82) is 0 Å². The Bertz CT molecular complexity index is 654.